The van der Waals surface area contributed by atoms with Crippen molar-refractivity contribution in [3.63, 3.8) is 0 Å². The summed E-state index contributed by atoms with van der Waals surface area (Å²) in [6.07, 6.45) is 3.29. The van der Waals surface area contributed by atoms with Crippen LogP contribution in [0.4, 0.5) is 0 Å². The van der Waals surface area contributed by atoms with Gasteiger partial charge in [-0.05, 0) is 43.9 Å². The molecule has 0 aromatic carbocycles. The third-order valence-electron chi connectivity index (χ3n) is 4.72. The predicted molar refractivity (Wildman–Crippen MR) is 100 cm³/mol. The van der Waals surface area contributed by atoms with E-state index in [1.165, 1.54) is 0 Å². The maximum atomic E-state index is 12.4. The first-order chi connectivity index (χ1) is 12.3. The molecule has 0 unspecified atom stereocenters. The van der Waals surface area contributed by atoms with Crippen LogP contribution in [-0.2, 0) is 19.1 Å². The van der Waals surface area contributed by atoms with Gasteiger partial charge in [0, 0.05) is 5.41 Å². The van der Waals surface area contributed by atoms with E-state index in [0.717, 1.165) is 16.8 Å². The number of hydrogen-bond acceptors (Lipinski definition) is 6. The first kappa shape index (κ1) is 19.9. The van der Waals surface area contributed by atoms with Gasteiger partial charge in [0.25, 0.3) is 0 Å². The summed E-state index contributed by atoms with van der Waals surface area (Å²) in [6.45, 7) is 12.3. The van der Waals surface area contributed by atoms with Crippen LogP contribution < -0.4 is 5.32 Å². The molecule has 0 aromatic rings. The van der Waals surface area contributed by atoms with Crippen molar-refractivity contribution in [2.45, 2.75) is 54.4 Å². The summed E-state index contributed by atoms with van der Waals surface area (Å²) in [5, 5.41) is 3.23. The standard InChI is InChI=1S/C20H28N2O4/c1-7-12-11-14(21-15(12)18(23)25-9-3)17-20(5,6)13(8-2)16(22-17)19(24)26-10-4/h11,22H,7-10H2,1-6H3. The van der Waals surface area contributed by atoms with Gasteiger partial charge in [0.15, 0.2) is 5.71 Å². The minimum Gasteiger partial charge on any atom is -0.461 e. The molecule has 0 fully saturated rings. The Morgan fingerprint density at radius 1 is 1.04 bits per heavy atom. The monoisotopic (exact) mass is 360 g/mol. The lowest BCUT2D eigenvalue weighted by atomic mass is 9.81. The van der Waals surface area contributed by atoms with Crippen LogP contribution in [0, 0.1) is 5.41 Å². The molecular formula is C20H28N2O4. The lowest BCUT2D eigenvalue weighted by Gasteiger charge is -2.23. The summed E-state index contributed by atoms with van der Waals surface area (Å²) in [4.78, 5) is 29.1. The number of rotatable bonds is 6. The molecule has 0 atom stereocenters. The van der Waals surface area contributed by atoms with E-state index in [9.17, 15) is 9.59 Å². The van der Waals surface area contributed by atoms with Gasteiger partial charge in [-0.25, -0.2) is 14.6 Å². The van der Waals surface area contributed by atoms with E-state index in [1.54, 1.807) is 13.8 Å². The van der Waals surface area contributed by atoms with Gasteiger partial charge in [-0.1, -0.05) is 27.7 Å². The van der Waals surface area contributed by atoms with Crippen LogP contribution >= 0.6 is 0 Å². The highest BCUT2D eigenvalue weighted by atomic mass is 16.5. The second-order valence-electron chi connectivity index (χ2n) is 6.64. The summed E-state index contributed by atoms with van der Waals surface area (Å²) >= 11 is 0. The maximum absolute atomic E-state index is 12.4. The molecule has 0 amide bonds. The first-order valence-electron chi connectivity index (χ1n) is 9.20. The quantitative estimate of drug-likeness (QED) is 0.735. The van der Waals surface area contributed by atoms with E-state index < -0.39 is 11.4 Å². The van der Waals surface area contributed by atoms with Gasteiger partial charge in [-0.2, -0.15) is 0 Å². The Morgan fingerprint density at radius 3 is 2.19 bits per heavy atom. The molecule has 0 aliphatic carbocycles. The number of nitrogens with zero attached hydrogens (tertiary/aromatic N) is 1. The third-order valence-corrected chi connectivity index (χ3v) is 4.72. The molecule has 0 saturated carbocycles. The van der Waals surface area contributed by atoms with Crippen molar-refractivity contribution in [3.05, 3.63) is 34.3 Å². The van der Waals surface area contributed by atoms with Gasteiger partial charge in [0.2, 0.25) is 0 Å². The molecule has 142 valence electrons. The number of carbonyl (C=O) groups is 2. The molecule has 2 aliphatic heterocycles. The smallest absolute Gasteiger partial charge is 0.357 e. The summed E-state index contributed by atoms with van der Waals surface area (Å²) < 4.78 is 10.3. The fourth-order valence-corrected chi connectivity index (χ4v) is 3.43. The van der Waals surface area contributed by atoms with E-state index in [4.69, 9.17) is 9.47 Å². The molecule has 0 bridgehead atoms. The number of ether oxygens (including phenoxy) is 2. The molecule has 2 heterocycles. The Bertz CT molecular complexity index is 739. The molecule has 0 aromatic heterocycles. The Labute approximate surface area is 155 Å². The molecule has 0 radical (unpaired) electrons. The summed E-state index contributed by atoms with van der Waals surface area (Å²) in [7, 11) is 0. The summed E-state index contributed by atoms with van der Waals surface area (Å²) in [6, 6.07) is 0. The van der Waals surface area contributed by atoms with Crippen LogP contribution in [-0.4, -0.2) is 30.9 Å². The van der Waals surface area contributed by atoms with Crippen LogP contribution in [0.1, 0.15) is 54.4 Å². The topological polar surface area (TPSA) is 77.0 Å². The molecular weight excluding hydrogens is 332 g/mol. The normalized spacial score (nSPS) is 21.3. The average molecular weight is 360 g/mol. The molecule has 6 heteroatoms. The first-order valence-corrected chi connectivity index (χ1v) is 9.20. The Hall–Kier alpha value is -2.37. The molecule has 2 rings (SSSR count). The number of nitrogens with one attached hydrogen (secondary N) is 1. The number of allylic oxidation sites excluding steroid dienone is 2. The second-order valence-corrected chi connectivity index (χ2v) is 6.64. The van der Waals surface area contributed by atoms with Crippen LogP contribution in [0.25, 0.3) is 0 Å². The largest absolute Gasteiger partial charge is 0.461 e. The Kier molecular flexibility index (Phi) is 6.05. The highest BCUT2D eigenvalue weighted by Gasteiger charge is 2.41. The Balaban J connectivity index is 2.50. The number of hydrogen-bond donors (Lipinski definition) is 1. The lowest BCUT2D eigenvalue weighted by molar-refractivity contribution is -0.139. The van der Waals surface area contributed by atoms with Gasteiger partial charge in [-0.3, -0.25) is 0 Å². The molecule has 0 saturated heterocycles. The summed E-state index contributed by atoms with van der Waals surface area (Å²) in [5.74, 6) is -0.776. The van der Waals surface area contributed by atoms with Crippen molar-refractivity contribution >= 4 is 17.7 Å². The van der Waals surface area contributed by atoms with Crippen molar-refractivity contribution in [3.8, 4) is 0 Å². The molecule has 0 spiro atoms. The third kappa shape index (κ3) is 3.45. The van der Waals surface area contributed by atoms with Crippen molar-refractivity contribution in [2.75, 3.05) is 13.2 Å². The molecule has 1 N–H and O–H groups in total. The van der Waals surface area contributed by atoms with Crippen molar-refractivity contribution in [1.29, 1.82) is 0 Å². The van der Waals surface area contributed by atoms with Gasteiger partial charge < -0.3 is 14.8 Å². The lowest BCUT2D eigenvalue weighted by Crippen LogP contribution is -2.21. The van der Waals surface area contributed by atoms with E-state index in [2.05, 4.69) is 10.3 Å². The van der Waals surface area contributed by atoms with Crippen LogP contribution in [0.15, 0.2) is 39.3 Å². The molecule has 26 heavy (non-hydrogen) atoms. The van der Waals surface area contributed by atoms with E-state index >= 15 is 0 Å². The van der Waals surface area contributed by atoms with E-state index in [-0.39, 0.29) is 5.97 Å². The zero-order valence-electron chi connectivity index (χ0n) is 16.5. The molecule has 2 aliphatic rings. The van der Waals surface area contributed by atoms with Crippen molar-refractivity contribution in [2.24, 2.45) is 10.4 Å². The second kappa shape index (κ2) is 7.89. The number of esters is 2. The van der Waals surface area contributed by atoms with E-state index in [0.29, 0.717) is 43.2 Å². The minimum atomic E-state index is -0.415. The van der Waals surface area contributed by atoms with Gasteiger partial charge in [-0.15, -0.1) is 0 Å². The fourth-order valence-electron chi connectivity index (χ4n) is 3.43. The minimum absolute atomic E-state index is 0.305. The number of aliphatic imine (C=N–C) groups is 1. The van der Waals surface area contributed by atoms with Crippen LogP contribution in [0.5, 0.6) is 0 Å². The SMILES string of the molecule is CCOC(=O)C1=NC(=C2NC(C(=O)OCC)=C(CC)C2(C)C)C=C1CC. The molecule has 6 nitrogen and oxygen atoms in total. The van der Waals surface area contributed by atoms with Crippen LogP contribution in [0.2, 0.25) is 0 Å². The predicted octanol–water partition coefficient (Wildman–Crippen LogP) is 3.41. The fraction of sp³-hybridized carbons (Fsp3) is 0.550. The van der Waals surface area contributed by atoms with Crippen LogP contribution in [0.3, 0.4) is 0 Å². The van der Waals surface area contributed by atoms with Crippen molar-refractivity contribution < 1.29 is 19.1 Å². The summed E-state index contributed by atoms with van der Waals surface area (Å²) in [5.41, 5.74) is 3.71. The van der Waals surface area contributed by atoms with Gasteiger partial charge >= 0.3 is 11.9 Å². The van der Waals surface area contributed by atoms with Crippen molar-refractivity contribution in [1.82, 2.24) is 5.32 Å². The maximum Gasteiger partial charge on any atom is 0.357 e. The zero-order chi connectivity index (χ0) is 19.5. The highest BCUT2D eigenvalue weighted by Crippen LogP contribution is 2.45. The average Bonchev–Trinajstić information content (AvgIpc) is 3.13. The van der Waals surface area contributed by atoms with Gasteiger partial charge in [0.1, 0.15) is 5.70 Å². The number of carbonyl (C=O) groups excluding carboxylic acids is 2. The van der Waals surface area contributed by atoms with Gasteiger partial charge in [0.05, 0.1) is 24.6 Å². The van der Waals surface area contributed by atoms with E-state index in [1.807, 2.05) is 33.8 Å². The zero-order valence-corrected chi connectivity index (χ0v) is 16.5. The highest BCUT2D eigenvalue weighted by molar-refractivity contribution is 6.44. The Morgan fingerprint density at radius 2 is 1.65 bits per heavy atom.